The quantitative estimate of drug-likeness (QED) is 0.553. The lowest BCUT2D eigenvalue weighted by atomic mass is 9.86. The lowest BCUT2D eigenvalue weighted by Gasteiger charge is -2.29. The largest absolute Gasteiger partial charge is 0.362 e. The molecule has 0 spiro atoms. The maximum absolute atomic E-state index is 6.07. The van der Waals surface area contributed by atoms with Gasteiger partial charge >= 0.3 is 0 Å². The van der Waals surface area contributed by atoms with Gasteiger partial charge in [0.05, 0.1) is 5.52 Å². The monoisotopic (exact) mass is 423 g/mol. The molecule has 0 bridgehead atoms. The predicted octanol–water partition coefficient (Wildman–Crippen LogP) is 5.11. The molecule has 1 heterocycles. The van der Waals surface area contributed by atoms with Crippen LogP contribution in [0.2, 0.25) is 5.02 Å². The molecule has 5 nitrogen and oxygen atoms in total. The minimum absolute atomic E-state index is 0.436. The lowest BCUT2D eigenvalue weighted by molar-refractivity contribution is 0.324. The standard InChI is InChI=1S/C24H30ClN5/c1-30(2)23-21-8-3-4-9-22(21)28-24(29-23)27-20-12-10-17(11-13-20)15-26-16-18-6-5-7-19(25)14-18/h3-9,14,17,20,26H,10-13,15-16H2,1-2H3,(H,27,28,29)/t17-,20+. The second-order valence-corrected chi connectivity index (χ2v) is 8.84. The molecule has 0 aliphatic heterocycles. The zero-order chi connectivity index (χ0) is 20.9. The first-order valence-corrected chi connectivity index (χ1v) is 11.1. The van der Waals surface area contributed by atoms with Crippen molar-refractivity contribution in [1.82, 2.24) is 15.3 Å². The first kappa shape index (κ1) is 20.9. The van der Waals surface area contributed by atoms with E-state index in [-0.39, 0.29) is 0 Å². The normalized spacial score (nSPS) is 19.0. The van der Waals surface area contributed by atoms with E-state index in [0.717, 1.165) is 59.5 Å². The maximum Gasteiger partial charge on any atom is 0.225 e. The summed E-state index contributed by atoms with van der Waals surface area (Å²) in [5.74, 6) is 2.42. The Kier molecular flexibility index (Phi) is 6.70. The third kappa shape index (κ3) is 5.21. The van der Waals surface area contributed by atoms with Gasteiger partial charge in [0, 0.05) is 37.1 Å². The summed E-state index contributed by atoms with van der Waals surface area (Å²) >= 11 is 6.07. The van der Waals surface area contributed by atoms with Crippen LogP contribution in [0.5, 0.6) is 0 Å². The molecule has 158 valence electrons. The summed E-state index contributed by atoms with van der Waals surface area (Å²) in [5, 5.41) is 9.07. The summed E-state index contributed by atoms with van der Waals surface area (Å²) in [6.07, 6.45) is 4.73. The summed E-state index contributed by atoms with van der Waals surface area (Å²) in [4.78, 5) is 11.6. The summed E-state index contributed by atoms with van der Waals surface area (Å²) in [5.41, 5.74) is 2.22. The van der Waals surface area contributed by atoms with E-state index in [2.05, 4.69) is 33.7 Å². The summed E-state index contributed by atoms with van der Waals surface area (Å²) in [6.45, 7) is 1.92. The van der Waals surface area contributed by atoms with E-state index in [9.17, 15) is 0 Å². The van der Waals surface area contributed by atoms with E-state index >= 15 is 0 Å². The Morgan fingerprint density at radius 1 is 1.00 bits per heavy atom. The first-order chi connectivity index (χ1) is 14.6. The van der Waals surface area contributed by atoms with E-state index < -0.39 is 0 Å². The number of hydrogen-bond acceptors (Lipinski definition) is 5. The van der Waals surface area contributed by atoms with Crippen LogP contribution in [-0.2, 0) is 6.54 Å². The van der Waals surface area contributed by atoms with Crippen LogP contribution in [0.3, 0.4) is 0 Å². The van der Waals surface area contributed by atoms with Crippen LogP contribution in [0.1, 0.15) is 31.2 Å². The van der Waals surface area contributed by atoms with Crippen molar-refractivity contribution in [3.8, 4) is 0 Å². The Balaban J connectivity index is 1.29. The van der Waals surface area contributed by atoms with Gasteiger partial charge < -0.3 is 15.5 Å². The third-order valence-corrected chi connectivity index (χ3v) is 6.07. The summed E-state index contributed by atoms with van der Waals surface area (Å²) in [6, 6.07) is 16.7. The van der Waals surface area contributed by atoms with Crippen LogP contribution in [0, 0.1) is 5.92 Å². The van der Waals surface area contributed by atoms with Gasteiger partial charge in [-0.25, -0.2) is 4.98 Å². The Hall–Kier alpha value is -2.37. The van der Waals surface area contributed by atoms with Gasteiger partial charge in [-0.1, -0.05) is 35.9 Å². The number of rotatable bonds is 7. The molecule has 1 aliphatic carbocycles. The topological polar surface area (TPSA) is 53.1 Å². The van der Waals surface area contributed by atoms with Crippen LogP contribution in [0.4, 0.5) is 11.8 Å². The zero-order valence-corrected chi connectivity index (χ0v) is 18.5. The number of nitrogens with one attached hydrogen (secondary N) is 2. The fraction of sp³-hybridized carbons (Fsp3) is 0.417. The first-order valence-electron chi connectivity index (χ1n) is 10.7. The molecule has 6 heteroatoms. The highest BCUT2D eigenvalue weighted by Crippen LogP contribution is 2.28. The molecule has 1 aliphatic rings. The van der Waals surface area contributed by atoms with Crippen molar-refractivity contribution in [2.75, 3.05) is 30.9 Å². The van der Waals surface area contributed by atoms with Crippen molar-refractivity contribution in [2.45, 2.75) is 38.3 Å². The second kappa shape index (κ2) is 9.63. The van der Waals surface area contributed by atoms with Crippen molar-refractivity contribution in [3.63, 3.8) is 0 Å². The molecule has 30 heavy (non-hydrogen) atoms. The van der Waals surface area contributed by atoms with Crippen molar-refractivity contribution in [1.29, 1.82) is 0 Å². The fourth-order valence-electron chi connectivity index (χ4n) is 4.23. The molecule has 0 amide bonds. The van der Waals surface area contributed by atoms with Crippen molar-refractivity contribution >= 4 is 34.3 Å². The average molecular weight is 424 g/mol. The Bertz CT molecular complexity index is 982. The molecule has 4 rings (SSSR count). The lowest BCUT2D eigenvalue weighted by Crippen LogP contribution is -2.31. The van der Waals surface area contributed by atoms with E-state index in [1.165, 1.54) is 18.4 Å². The van der Waals surface area contributed by atoms with E-state index in [1.807, 2.05) is 44.4 Å². The van der Waals surface area contributed by atoms with E-state index in [0.29, 0.717) is 6.04 Å². The van der Waals surface area contributed by atoms with Gasteiger partial charge in [-0.15, -0.1) is 0 Å². The van der Waals surface area contributed by atoms with Gasteiger partial charge in [0.15, 0.2) is 0 Å². The number of aromatic nitrogens is 2. The van der Waals surface area contributed by atoms with Crippen molar-refractivity contribution < 1.29 is 0 Å². The Morgan fingerprint density at radius 3 is 2.57 bits per heavy atom. The molecule has 1 aromatic heterocycles. The third-order valence-electron chi connectivity index (χ3n) is 5.84. The molecule has 0 unspecified atom stereocenters. The highest BCUT2D eigenvalue weighted by molar-refractivity contribution is 6.30. The number of anilines is 2. The number of nitrogens with zero attached hydrogens (tertiary/aromatic N) is 3. The van der Waals surface area contributed by atoms with E-state index in [4.69, 9.17) is 21.6 Å². The van der Waals surface area contributed by atoms with Crippen LogP contribution in [0.15, 0.2) is 48.5 Å². The van der Waals surface area contributed by atoms with Crippen molar-refractivity contribution in [3.05, 3.63) is 59.1 Å². The highest BCUT2D eigenvalue weighted by Gasteiger charge is 2.22. The van der Waals surface area contributed by atoms with Crippen LogP contribution in [0.25, 0.3) is 10.9 Å². The van der Waals surface area contributed by atoms with Crippen LogP contribution >= 0.6 is 11.6 Å². The Morgan fingerprint density at radius 2 is 1.80 bits per heavy atom. The summed E-state index contributed by atoms with van der Waals surface area (Å²) < 4.78 is 0. The van der Waals surface area contributed by atoms with Gasteiger partial charge in [0.25, 0.3) is 0 Å². The number of halogens is 1. The smallest absolute Gasteiger partial charge is 0.225 e. The van der Waals surface area contributed by atoms with E-state index in [1.54, 1.807) is 0 Å². The number of para-hydroxylation sites is 1. The highest BCUT2D eigenvalue weighted by atomic mass is 35.5. The average Bonchev–Trinajstić information content (AvgIpc) is 2.74. The summed E-state index contributed by atoms with van der Waals surface area (Å²) in [7, 11) is 4.06. The molecule has 0 radical (unpaired) electrons. The van der Waals surface area contributed by atoms with Crippen molar-refractivity contribution in [2.24, 2.45) is 5.92 Å². The SMILES string of the molecule is CN(C)c1nc(N[C@H]2CC[C@@H](CNCc3cccc(Cl)c3)CC2)nc2ccccc12. The fourth-order valence-corrected chi connectivity index (χ4v) is 4.44. The Labute approximate surface area is 183 Å². The molecule has 0 saturated heterocycles. The number of fused-ring (bicyclic) bond motifs is 1. The van der Waals surface area contributed by atoms with Gasteiger partial charge in [-0.3, -0.25) is 0 Å². The molecular formula is C24H30ClN5. The zero-order valence-electron chi connectivity index (χ0n) is 17.7. The molecule has 1 saturated carbocycles. The molecular weight excluding hydrogens is 394 g/mol. The van der Waals surface area contributed by atoms with Gasteiger partial charge in [0.1, 0.15) is 5.82 Å². The van der Waals surface area contributed by atoms with Gasteiger partial charge in [0.2, 0.25) is 5.95 Å². The van der Waals surface area contributed by atoms with Crippen LogP contribution < -0.4 is 15.5 Å². The van der Waals surface area contributed by atoms with Crippen LogP contribution in [-0.4, -0.2) is 36.6 Å². The predicted molar refractivity (Wildman–Crippen MR) is 126 cm³/mol. The van der Waals surface area contributed by atoms with Gasteiger partial charge in [-0.05, 0) is 68.0 Å². The second-order valence-electron chi connectivity index (χ2n) is 8.41. The molecule has 3 aromatic rings. The molecule has 0 atom stereocenters. The minimum atomic E-state index is 0.436. The molecule has 2 aromatic carbocycles. The minimum Gasteiger partial charge on any atom is -0.362 e. The number of hydrogen-bond donors (Lipinski definition) is 2. The van der Waals surface area contributed by atoms with Gasteiger partial charge in [-0.2, -0.15) is 4.98 Å². The number of benzene rings is 2. The maximum atomic E-state index is 6.07. The molecule has 2 N–H and O–H groups in total. The molecule has 1 fully saturated rings.